The van der Waals surface area contributed by atoms with Crippen molar-refractivity contribution < 1.29 is 24.7 Å². The van der Waals surface area contributed by atoms with Crippen LogP contribution in [0.4, 0.5) is 11.4 Å². The highest BCUT2D eigenvalue weighted by Crippen LogP contribution is 2.47. The molecule has 6 rings (SSSR count). The molecule has 1 aliphatic rings. The Hall–Kier alpha value is -5.85. The average molecular weight is 662 g/mol. The summed E-state index contributed by atoms with van der Waals surface area (Å²) in [5, 5.41) is 36.9. The Morgan fingerprint density at radius 2 is 1.71 bits per heavy atom. The van der Waals surface area contributed by atoms with E-state index in [-0.39, 0.29) is 48.8 Å². The number of carbonyl (C=O) groups is 2. The molecule has 49 heavy (non-hydrogen) atoms. The number of para-hydroxylation sites is 1. The molecule has 4 aromatic carbocycles. The number of nitro benzene ring substituents is 1. The zero-order valence-electron chi connectivity index (χ0n) is 26.7. The molecule has 0 saturated heterocycles. The van der Waals surface area contributed by atoms with Gasteiger partial charge in [0.15, 0.2) is 5.60 Å². The molecule has 0 unspecified atom stereocenters. The monoisotopic (exact) mass is 661 g/mol. The molecule has 0 saturated carbocycles. The highest BCUT2D eigenvalue weighted by molar-refractivity contribution is 6.07. The summed E-state index contributed by atoms with van der Waals surface area (Å²) in [4.78, 5) is 54.0. The first kappa shape index (κ1) is 33.1. The van der Waals surface area contributed by atoms with Gasteiger partial charge in [-0.25, -0.2) is 4.68 Å². The number of benzene rings is 4. The zero-order chi connectivity index (χ0) is 34.7. The van der Waals surface area contributed by atoms with E-state index >= 15 is 0 Å². The molecule has 0 radical (unpaired) electrons. The number of H-pyrrole nitrogens is 1. The normalized spacial score (nSPS) is 16.3. The number of hydrogen-bond donors (Lipinski definition) is 3. The number of fused-ring (bicyclic) bond motifs is 2. The van der Waals surface area contributed by atoms with E-state index in [1.165, 1.54) is 32.7 Å². The second kappa shape index (κ2) is 13.7. The van der Waals surface area contributed by atoms with Gasteiger partial charge >= 0.3 is 0 Å². The van der Waals surface area contributed by atoms with Gasteiger partial charge in [0.2, 0.25) is 5.91 Å². The molecule has 0 bridgehead atoms. The third-order valence-corrected chi connectivity index (χ3v) is 8.91. The Bertz CT molecular complexity index is 2110. The maximum absolute atomic E-state index is 14.1. The molecule has 1 aliphatic heterocycles. The molecule has 2 heterocycles. The van der Waals surface area contributed by atoms with Crippen molar-refractivity contribution in [1.29, 1.82) is 0 Å². The van der Waals surface area contributed by atoms with E-state index < -0.39 is 22.3 Å². The van der Waals surface area contributed by atoms with Crippen LogP contribution in [0.5, 0.6) is 0 Å². The lowest BCUT2D eigenvalue weighted by atomic mass is 9.82. The summed E-state index contributed by atoms with van der Waals surface area (Å²) in [5.41, 5.74) is 0.730. The van der Waals surface area contributed by atoms with Gasteiger partial charge in [-0.05, 0) is 41.5 Å². The van der Waals surface area contributed by atoms with Crippen LogP contribution in [-0.2, 0) is 28.3 Å². The minimum atomic E-state index is -2.15. The first-order valence-electron chi connectivity index (χ1n) is 15.8. The van der Waals surface area contributed by atoms with Gasteiger partial charge in [0.1, 0.15) is 0 Å². The van der Waals surface area contributed by atoms with E-state index in [0.29, 0.717) is 34.4 Å². The molecule has 250 valence electrons. The minimum Gasteiger partial charge on any atom is -0.395 e. The summed E-state index contributed by atoms with van der Waals surface area (Å²) >= 11 is 0. The number of rotatable bonds is 12. The van der Waals surface area contributed by atoms with Gasteiger partial charge in [0.05, 0.1) is 40.4 Å². The predicted molar refractivity (Wildman–Crippen MR) is 184 cm³/mol. The highest BCUT2D eigenvalue weighted by Gasteiger charge is 2.53. The summed E-state index contributed by atoms with van der Waals surface area (Å²) in [6.45, 7) is 1.93. The van der Waals surface area contributed by atoms with E-state index in [0.717, 1.165) is 5.56 Å². The van der Waals surface area contributed by atoms with Gasteiger partial charge in [0.25, 0.3) is 17.2 Å². The molecule has 5 aromatic rings. The first-order valence-corrected chi connectivity index (χ1v) is 15.8. The summed E-state index contributed by atoms with van der Waals surface area (Å²) < 4.78 is 1.44. The van der Waals surface area contributed by atoms with Crippen molar-refractivity contribution in [3.8, 4) is 5.69 Å². The van der Waals surface area contributed by atoms with Crippen LogP contribution in [0.2, 0.25) is 0 Å². The van der Waals surface area contributed by atoms with E-state index in [4.69, 9.17) is 0 Å². The molecule has 3 N–H and O–H groups in total. The van der Waals surface area contributed by atoms with Crippen molar-refractivity contribution in [2.75, 3.05) is 18.1 Å². The van der Waals surface area contributed by atoms with Gasteiger partial charge in [-0.1, -0.05) is 73.7 Å². The summed E-state index contributed by atoms with van der Waals surface area (Å²) in [6, 6.07) is 27.6. The number of nitrogens with one attached hydrogen (secondary N) is 1. The standard InChI is InChI=1S/C37H35N5O7/c1-25(8-7-13-34(44)39(20-21-43)23-26-9-3-2-4-10-26)37(47)31-22-29(42(48)49)18-19-33(31)40(36(37)46)24-27-14-16-28(17-15-27)41-35(45)30-11-5-6-12-32(30)38-41/h2-12,14-19,22,25,38,43,47H,13,20-21,23-24H2,1H3/b8-7+/t25-,37+/m0/s1. The van der Waals surface area contributed by atoms with Crippen LogP contribution < -0.4 is 10.5 Å². The number of hydrogen-bond acceptors (Lipinski definition) is 7. The van der Waals surface area contributed by atoms with Crippen molar-refractivity contribution >= 4 is 34.1 Å². The maximum Gasteiger partial charge on any atom is 0.279 e. The fourth-order valence-electron chi connectivity index (χ4n) is 6.24. The predicted octanol–water partition coefficient (Wildman–Crippen LogP) is 4.56. The zero-order valence-corrected chi connectivity index (χ0v) is 26.7. The quantitative estimate of drug-likeness (QED) is 0.100. The second-order valence-electron chi connectivity index (χ2n) is 12.0. The van der Waals surface area contributed by atoms with Gasteiger partial charge in [-0.2, -0.15) is 0 Å². The molecule has 12 heteroatoms. The molecular weight excluding hydrogens is 626 g/mol. The smallest absolute Gasteiger partial charge is 0.279 e. The number of nitrogens with zero attached hydrogens (tertiary/aromatic N) is 4. The third-order valence-electron chi connectivity index (χ3n) is 8.91. The van der Waals surface area contributed by atoms with Gasteiger partial charge in [-0.15, -0.1) is 0 Å². The Kier molecular flexibility index (Phi) is 9.25. The molecule has 2 amide bonds. The molecule has 0 fully saturated rings. The largest absolute Gasteiger partial charge is 0.395 e. The Balaban J connectivity index is 1.23. The molecule has 1 aromatic heterocycles. The van der Waals surface area contributed by atoms with E-state index in [1.54, 1.807) is 55.5 Å². The van der Waals surface area contributed by atoms with Crippen molar-refractivity contribution in [2.24, 2.45) is 5.92 Å². The summed E-state index contributed by atoms with van der Waals surface area (Å²) in [7, 11) is 0. The first-order chi connectivity index (χ1) is 23.6. The van der Waals surface area contributed by atoms with E-state index in [1.807, 2.05) is 42.5 Å². The lowest BCUT2D eigenvalue weighted by Crippen LogP contribution is -2.44. The highest BCUT2D eigenvalue weighted by atomic mass is 16.6. The van der Waals surface area contributed by atoms with Crippen LogP contribution in [0.25, 0.3) is 16.6 Å². The fourth-order valence-corrected chi connectivity index (χ4v) is 6.24. The summed E-state index contributed by atoms with van der Waals surface area (Å²) in [5.74, 6) is -1.77. The van der Waals surface area contributed by atoms with E-state index in [9.17, 15) is 34.7 Å². The van der Waals surface area contributed by atoms with Crippen LogP contribution in [0.1, 0.15) is 30.0 Å². The molecule has 0 aliphatic carbocycles. The number of aliphatic hydroxyl groups is 2. The fraction of sp³-hybridized carbons (Fsp3) is 0.216. The number of aromatic nitrogens is 2. The van der Waals surface area contributed by atoms with Crippen molar-refractivity contribution in [2.45, 2.75) is 32.0 Å². The van der Waals surface area contributed by atoms with Crippen molar-refractivity contribution in [3.63, 3.8) is 0 Å². The van der Waals surface area contributed by atoms with Crippen LogP contribution >= 0.6 is 0 Å². The number of aliphatic hydroxyl groups excluding tert-OH is 1. The SMILES string of the molecule is C[C@@H](/C=C/CC(=O)N(CCO)Cc1ccccc1)[C@]1(O)C(=O)N(Cc2ccc(-n3[nH]c4ccccc4c3=O)cc2)c2ccc([N+](=O)[O-])cc21. The molecular formula is C37H35N5O7. The maximum atomic E-state index is 14.1. The van der Waals surface area contributed by atoms with Crippen LogP contribution in [0.15, 0.2) is 114 Å². The molecule has 0 spiro atoms. The Morgan fingerprint density at radius 1 is 1.00 bits per heavy atom. The van der Waals surface area contributed by atoms with Crippen molar-refractivity contribution in [1.82, 2.24) is 14.7 Å². The second-order valence-corrected chi connectivity index (χ2v) is 12.0. The van der Waals surface area contributed by atoms with Gasteiger partial charge in [-0.3, -0.25) is 29.6 Å². The van der Waals surface area contributed by atoms with Crippen LogP contribution in [0, 0.1) is 16.0 Å². The lowest BCUT2D eigenvalue weighted by Gasteiger charge is -2.27. The minimum absolute atomic E-state index is 0.0429. The molecule has 2 atom stereocenters. The Morgan fingerprint density at radius 3 is 2.41 bits per heavy atom. The average Bonchev–Trinajstić information content (AvgIpc) is 3.56. The summed E-state index contributed by atoms with van der Waals surface area (Å²) in [6.07, 6.45) is 3.09. The van der Waals surface area contributed by atoms with E-state index in [2.05, 4.69) is 5.10 Å². The number of carbonyl (C=O) groups excluding carboxylic acids is 2. The van der Waals surface area contributed by atoms with Gasteiger partial charge < -0.3 is 20.0 Å². The topological polar surface area (TPSA) is 162 Å². The number of nitro groups is 1. The van der Waals surface area contributed by atoms with Crippen molar-refractivity contribution in [3.05, 3.63) is 146 Å². The van der Waals surface area contributed by atoms with Gasteiger partial charge in [0, 0.05) is 43.1 Å². The number of aromatic amines is 1. The molecule has 12 nitrogen and oxygen atoms in total. The van der Waals surface area contributed by atoms with Crippen LogP contribution in [0.3, 0.4) is 0 Å². The number of anilines is 1. The Labute approximate surface area is 281 Å². The lowest BCUT2D eigenvalue weighted by molar-refractivity contribution is -0.385. The number of amides is 2. The van der Waals surface area contributed by atoms with Crippen LogP contribution in [-0.4, -0.2) is 54.8 Å². The third kappa shape index (κ3) is 6.39. The number of non-ortho nitro benzene ring substituents is 1.